The minimum atomic E-state index is -0.964. The molecule has 5 heteroatoms. The van der Waals surface area contributed by atoms with Gasteiger partial charge in [0.25, 0.3) is 0 Å². The summed E-state index contributed by atoms with van der Waals surface area (Å²) in [6, 6.07) is 0. The summed E-state index contributed by atoms with van der Waals surface area (Å²) in [7, 11) is 0. The monoisotopic (exact) mass is 358 g/mol. The lowest BCUT2D eigenvalue weighted by atomic mass is 9.98. The van der Waals surface area contributed by atoms with Crippen molar-refractivity contribution in [3.63, 3.8) is 0 Å². The van der Waals surface area contributed by atoms with Crippen molar-refractivity contribution in [3.8, 4) is 0 Å². The van der Waals surface area contributed by atoms with Gasteiger partial charge in [-0.05, 0) is 12.8 Å². The average molecular weight is 360 g/mol. The van der Waals surface area contributed by atoms with Gasteiger partial charge in [0.1, 0.15) is 0 Å². The molecular formula is C16H29Cl3O2. The molecule has 0 radical (unpaired) electrons. The van der Waals surface area contributed by atoms with Crippen molar-refractivity contribution in [2.24, 2.45) is 5.92 Å². The quantitative estimate of drug-likeness (QED) is 0.214. The highest BCUT2D eigenvalue weighted by atomic mass is 35.5. The molecule has 0 saturated carbocycles. The molecule has 0 N–H and O–H groups in total. The van der Waals surface area contributed by atoms with Gasteiger partial charge in [0.05, 0.1) is 5.92 Å². The molecule has 0 fully saturated rings. The Kier molecular flexibility index (Phi) is 14.2. The molecule has 0 heterocycles. The van der Waals surface area contributed by atoms with E-state index in [9.17, 15) is 4.79 Å². The topological polar surface area (TPSA) is 26.3 Å². The summed E-state index contributed by atoms with van der Waals surface area (Å²) >= 11 is 16.9. The standard InChI is InChI=1S/C16H29Cl3O2/c1-3-5-6-7-8-9-10-11-12-13(4-2)16(20)21-15(19)14(17)18/h13-15H,3-12H2,1-2H3. The molecule has 21 heavy (non-hydrogen) atoms. The Morgan fingerprint density at radius 1 is 0.905 bits per heavy atom. The van der Waals surface area contributed by atoms with Gasteiger partial charge in [0, 0.05) is 0 Å². The molecule has 0 aliphatic heterocycles. The summed E-state index contributed by atoms with van der Waals surface area (Å²) in [4.78, 5) is 11.0. The molecule has 0 aromatic carbocycles. The van der Waals surface area contributed by atoms with Crippen LogP contribution in [0.5, 0.6) is 0 Å². The van der Waals surface area contributed by atoms with Crippen molar-refractivity contribution >= 4 is 40.8 Å². The molecule has 0 aliphatic rings. The van der Waals surface area contributed by atoms with Gasteiger partial charge in [-0.25, -0.2) is 0 Å². The number of unbranched alkanes of at least 4 members (excludes halogenated alkanes) is 7. The number of alkyl halides is 3. The summed E-state index contributed by atoms with van der Waals surface area (Å²) in [5.41, 5.74) is -0.964. The molecule has 0 aromatic rings. The average Bonchev–Trinajstić information content (AvgIpc) is 2.45. The second-order valence-corrected chi connectivity index (χ2v) is 7.09. The van der Waals surface area contributed by atoms with Crippen molar-refractivity contribution in [3.05, 3.63) is 0 Å². The highest BCUT2D eigenvalue weighted by molar-refractivity contribution is 6.48. The van der Waals surface area contributed by atoms with Crippen molar-refractivity contribution in [1.29, 1.82) is 0 Å². The maximum absolute atomic E-state index is 11.9. The van der Waals surface area contributed by atoms with Gasteiger partial charge >= 0.3 is 5.97 Å². The van der Waals surface area contributed by atoms with Crippen molar-refractivity contribution in [2.75, 3.05) is 0 Å². The van der Waals surface area contributed by atoms with E-state index in [0.29, 0.717) is 0 Å². The molecule has 2 nitrogen and oxygen atoms in total. The zero-order valence-corrected chi connectivity index (χ0v) is 15.5. The van der Waals surface area contributed by atoms with Crippen LogP contribution < -0.4 is 0 Å². The molecule has 0 bridgehead atoms. The molecule has 0 spiro atoms. The Labute approximate surface area is 144 Å². The number of carbonyl (C=O) groups is 1. The van der Waals surface area contributed by atoms with Crippen LogP contribution in [0.1, 0.15) is 78.1 Å². The van der Waals surface area contributed by atoms with E-state index >= 15 is 0 Å². The normalized spacial score (nSPS) is 14.2. The van der Waals surface area contributed by atoms with Crippen molar-refractivity contribution in [2.45, 2.75) is 88.5 Å². The van der Waals surface area contributed by atoms with E-state index in [-0.39, 0.29) is 11.9 Å². The molecule has 2 unspecified atom stereocenters. The highest BCUT2D eigenvalue weighted by Crippen LogP contribution is 2.21. The molecule has 0 amide bonds. The Balaban J connectivity index is 3.72. The second-order valence-electron chi connectivity index (χ2n) is 5.49. The minimum absolute atomic E-state index is 0.0987. The highest BCUT2D eigenvalue weighted by Gasteiger charge is 2.24. The smallest absolute Gasteiger partial charge is 0.310 e. The van der Waals surface area contributed by atoms with Crippen molar-refractivity contribution in [1.82, 2.24) is 0 Å². The first kappa shape index (κ1) is 21.3. The largest absolute Gasteiger partial charge is 0.443 e. The van der Waals surface area contributed by atoms with E-state index in [0.717, 1.165) is 19.3 Å². The molecule has 0 aliphatic carbocycles. The second kappa shape index (κ2) is 14.0. The van der Waals surface area contributed by atoms with Crippen LogP contribution >= 0.6 is 34.8 Å². The first-order valence-corrected chi connectivity index (χ1v) is 9.46. The third-order valence-corrected chi connectivity index (χ3v) is 4.72. The Morgan fingerprint density at radius 3 is 1.90 bits per heavy atom. The molecular weight excluding hydrogens is 331 g/mol. The number of halogens is 3. The van der Waals surface area contributed by atoms with Crippen LogP contribution in [0.3, 0.4) is 0 Å². The number of carbonyl (C=O) groups excluding carboxylic acids is 1. The summed E-state index contributed by atoms with van der Waals surface area (Å²) in [6.07, 6.45) is 11.7. The van der Waals surface area contributed by atoms with E-state index in [1.165, 1.54) is 44.9 Å². The van der Waals surface area contributed by atoms with Crippen LogP contribution in [0.2, 0.25) is 0 Å². The number of rotatable bonds is 13. The van der Waals surface area contributed by atoms with Crippen LogP contribution in [0, 0.1) is 5.92 Å². The Bertz CT molecular complexity index is 260. The zero-order valence-electron chi connectivity index (χ0n) is 13.3. The fourth-order valence-electron chi connectivity index (χ4n) is 2.27. The van der Waals surface area contributed by atoms with Crippen molar-refractivity contribution < 1.29 is 9.53 Å². The molecule has 0 saturated heterocycles. The van der Waals surface area contributed by atoms with E-state index in [4.69, 9.17) is 39.5 Å². The summed E-state index contributed by atoms with van der Waals surface area (Å²) < 4.78 is 5.05. The van der Waals surface area contributed by atoms with Gasteiger partial charge in [-0.2, -0.15) is 0 Å². The van der Waals surface area contributed by atoms with Crippen LogP contribution in [-0.2, 0) is 9.53 Å². The number of esters is 1. The molecule has 2 atom stereocenters. The summed E-state index contributed by atoms with van der Waals surface area (Å²) in [5.74, 6) is -0.384. The fraction of sp³-hybridized carbons (Fsp3) is 0.938. The minimum Gasteiger partial charge on any atom is -0.443 e. The van der Waals surface area contributed by atoms with Gasteiger partial charge in [0.2, 0.25) is 5.56 Å². The lowest BCUT2D eigenvalue weighted by Gasteiger charge is -2.17. The third-order valence-electron chi connectivity index (χ3n) is 3.66. The van der Waals surface area contributed by atoms with Crippen LogP contribution in [0.4, 0.5) is 0 Å². The molecule has 126 valence electrons. The number of ether oxygens (including phenoxy) is 1. The SMILES string of the molecule is CCCCCCCCCCC(CC)C(=O)OC(Cl)C(Cl)Cl. The molecule has 0 rings (SSSR count). The summed E-state index contributed by atoms with van der Waals surface area (Å²) in [6.45, 7) is 4.21. The fourth-order valence-corrected chi connectivity index (χ4v) is 2.46. The van der Waals surface area contributed by atoms with E-state index in [1.54, 1.807) is 0 Å². The van der Waals surface area contributed by atoms with Gasteiger partial charge < -0.3 is 4.74 Å². The third kappa shape index (κ3) is 11.5. The van der Waals surface area contributed by atoms with Gasteiger partial charge in [-0.1, -0.05) is 100 Å². The van der Waals surface area contributed by atoms with E-state index in [1.807, 2.05) is 6.92 Å². The number of hydrogen-bond donors (Lipinski definition) is 0. The van der Waals surface area contributed by atoms with E-state index < -0.39 is 10.4 Å². The van der Waals surface area contributed by atoms with Crippen LogP contribution in [0.25, 0.3) is 0 Å². The predicted octanol–water partition coefficient (Wildman–Crippen LogP) is 6.46. The van der Waals surface area contributed by atoms with Crippen LogP contribution in [-0.4, -0.2) is 16.4 Å². The maximum Gasteiger partial charge on any atom is 0.310 e. The lowest BCUT2D eigenvalue weighted by Crippen LogP contribution is -2.24. The van der Waals surface area contributed by atoms with Gasteiger partial charge in [-0.3, -0.25) is 4.79 Å². The summed E-state index contributed by atoms with van der Waals surface area (Å²) in [5, 5.41) is 0. The van der Waals surface area contributed by atoms with Gasteiger partial charge in [-0.15, -0.1) is 0 Å². The first-order chi connectivity index (χ1) is 10.0. The lowest BCUT2D eigenvalue weighted by molar-refractivity contribution is -0.150. The van der Waals surface area contributed by atoms with E-state index in [2.05, 4.69) is 6.92 Å². The van der Waals surface area contributed by atoms with Gasteiger partial charge in [0.15, 0.2) is 4.84 Å². The first-order valence-electron chi connectivity index (χ1n) is 8.15. The number of hydrogen-bond acceptors (Lipinski definition) is 2. The Hall–Kier alpha value is 0.340. The molecule has 0 aromatic heterocycles. The zero-order chi connectivity index (χ0) is 16.1. The Morgan fingerprint density at radius 2 is 1.43 bits per heavy atom. The van der Waals surface area contributed by atoms with Crippen LogP contribution in [0.15, 0.2) is 0 Å². The predicted molar refractivity (Wildman–Crippen MR) is 92.2 cm³/mol. The maximum atomic E-state index is 11.9.